The average molecular weight is 492 g/mol. The van der Waals surface area contributed by atoms with Crippen LogP contribution in [0.25, 0.3) is 28.3 Å². The fourth-order valence-electron chi connectivity index (χ4n) is 4.61. The SMILES string of the molecule is C[C@@H](O)c1ccc(F)c(N2CCN(CCn3ncc4c3nc(N)n3nc(-c5ccco5)nc43)CC2)c1. The standard InChI is InChI=1S/C24H26FN9O2/c1-15(35)16-4-5-18(25)19(13-16)32-9-6-31(7-10-32)8-11-33-22-17(14-27-33)23-28-21(20-3-2-12-36-20)30-34(23)24(26)29-22/h2-5,12-15,35H,6-11H2,1H3,(H2,26,29)/t15-/m1/s1. The first-order chi connectivity index (χ1) is 17.5. The molecule has 6 rings (SSSR count). The van der Waals surface area contributed by atoms with Crippen molar-refractivity contribution >= 4 is 28.3 Å². The Bertz CT molecular complexity index is 1520. The largest absolute Gasteiger partial charge is 0.461 e. The molecule has 186 valence electrons. The van der Waals surface area contributed by atoms with Crippen LogP contribution in [0.1, 0.15) is 18.6 Å². The molecule has 0 spiro atoms. The second-order valence-electron chi connectivity index (χ2n) is 8.94. The number of benzene rings is 1. The molecule has 1 aliphatic rings. The van der Waals surface area contributed by atoms with Crippen LogP contribution < -0.4 is 10.6 Å². The molecule has 1 fully saturated rings. The van der Waals surface area contributed by atoms with E-state index in [2.05, 4.69) is 25.1 Å². The fourth-order valence-corrected chi connectivity index (χ4v) is 4.61. The number of furan rings is 1. The van der Waals surface area contributed by atoms with Gasteiger partial charge in [0.2, 0.25) is 11.8 Å². The van der Waals surface area contributed by atoms with Crippen molar-refractivity contribution in [1.82, 2.24) is 34.3 Å². The van der Waals surface area contributed by atoms with Crippen LogP contribution in [0.5, 0.6) is 0 Å². The number of anilines is 2. The summed E-state index contributed by atoms with van der Waals surface area (Å²) in [6.45, 7) is 6.03. The number of hydrogen-bond donors (Lipinski definition) is 2. The highest BCUT2D eigenvalue weighted by atomic mass is 19.1. The van der Waals surface area contributed by atoms with Gasteiger partial charge in [0.25, 0.3) is 0 Å². The maximum atomic E-state index is 14.4. The van der Waals surface area contributed by atoms with Crippen LogP contribution in [0.3, 0.4) is 0 Å². The summed E-state index contributed by atoms with van der Waals surface area (Å²) in [4.78, 5) is 13.5. The van der Waals surface area contributed by atoms with Crippen molar-refractivity contribution in [2.24, 2.45) is 0 Å². The van der Waals surface area contributed by atoms with E-state index < -0.39 is 6.10 Å². The molecule has 0 unspecified atom stereocenters. The molecule has 36 heavy (non-hydrogen) atoms. The summed E-state index contributed by atoms with van der Waals surface area (Å²) in [6, 6.07) is 8.36. The molecule has 1 atom stereocenters. The summed E-state index contributed by atoms with van der Waals surface area (Å²) in [7, 11) is 0. The van der Waals surface area contributed by atoms with Gasteiger partial charge in [0.15, 0.2) is 17.1 Å². The van der Waals surface area contributed by atoms with E-state index in [0.717, 1.165) is 25.0 Å². The highest BCUT2D eigenvalue weighted by Gasteiger charge is 2.22. The van der Waals surface area contributed by atoms with Crippen LogP contribution in [0.4, 0.5) is 16.0 Å². The number of nitrogens with zero attached hydrogens (tertiary/aromatic N) is 8. The zero-order valence-electron chi connectivity index (χ0n) is 19.7. The smallest absolute Gasteiger partial charge is 0.225 e. The highest BCUT2D eigenvalue weighted by Crippen LogP contribution is 2.26. The number of rotatable bonds is 6. The minimum atomic E-state index is -0.632. The average Bonchev–Trinajstić information content (AvgIpc) is 3.63. The lowest BCUT2D eigenvalue weighted by atomic mass is 10.1. The first-order valence-electron chi connectivity index (χ1n) is 11.8. The van der Waals surface area contributed by atoms with Crippen molar-refractivity contribution in [2.75, 3.05) is 43.4 Å². The second-order valence-corrected chi connectivity index (χ2v) is 8.94. The third-order valence-electron chi connectivity index (χ3n) is 6.63. The van der Waals surface area contributed by atoms with Crippen molar-refractivity contribution in [3.8, 4) is 11.6 Å². The molecule has 5 aromatic rings. The first-order valence-corrected chi connectivity index (χ1v) is 11.8. The molecule has 3 N–H and O–H groups in total. The quantitative estimate of drug-likeness (QED) is 0.368. The number of fused-ring (bicyclic) bond motifs is 3. The Morgan fingerprint density at radius 3 is 2.69 bits per heavy atom. The van der Waals surface area contributed by atoms with Gasteiger partial charge in [-0.15, -0.1) is 5.10 Å². The van der Waals surface area contributed by atoms with Gasteiger partial charge in [-0.3, -0.25) is 4.90 Å². The molecular weight excluding hydrogens is 465 g/mol. The van der Waals surface area contributed by atoms with Crippen LogP contribution in [0, 0.1) is 5.82 Å². The Kier molecular flexibility index (Phi) is 5.53. The van der Waals surface area contributed by atoms with Crippen LogP contribution >= 0.6 is 0 Å². The Balaban J connectivity index is 1.15. The molecule has 1 aliphatic heterocycles. The summed E-state index contributed by atoms with van der Waals surface area (Å²) in [5.74, 6) is 0.937. The van der Waals surface area contributed by atoms with E-state index in [1.807, 2.05) is 9.58 Å². The molecule has 0 aliphatic carbocycles. The van der Waals surface area contributed by atoms with Gasteiger partial charge in [-0.1, -0.05) is 6.07 Å². The molecule has 11 nitrogen and oxygen atoms in total. The van der Waals surface area contributed by atoms with Crippen molar-refractivity contribution in [3.05, 3.63) is 54.2 Å². The summed E-state index contributed by atoms with van der Waals surface area (Å²) in [5.41, 5.74) is 8.66. The number of nitrogens with two attached hydrogens (primary N) is 1. The Labute approximate surface area is 205 Å². The molecule has 4 aromatic heterocycles. The number of piperazine rings is 1. The molecule has 1 saturated heterocycles. The predicted molar refractivity (Wildman–Crippen MR) is 132 cm³/mol. The van der Waals surface area contributed by atoms with Gasteiger partial charge >= 0.3 is 0 Å². The summed E-state index contributed by atoms with van der Waals surface area (Å²) >= 11 is 0. The first kappa shape index (κ1) is 22.4. The maximum absolute atomic E-state index is 14.4. The van der Waals surface area contributed by atoms with Crippen LogP contribution in [0.2, 0.25) is 0 Å². The molecule has 0 saturated carbocycles. The molecule has 1 aromatic carbocycles. The summed E-state index contributed by atoms with van der Waals surface area (Å²) in [5, 5.41) is 19.6. The highest BCUT2D eigenvalue weighted by molar-refractivity contribution is 5.90. The van der Waals surface area contributed by atoms with Crippen molar-refractivity contribution in [3.63, 3.8) is 0 Å². The van der Waals surface area contributed by atoms with E-state index in [0.29, 0.717) is 53.8 Å². The third kappa shape index (κ3) is 3.93. The number of aliphatic hydroxyl groups is 1. The zero-order valence-corrected chi connectivity index (χ0v) is 19.7. The monoisotopic (exact) mass is 491 g/mol. The number of aromatic nitrogens is 6. The fraction of sp³-hybridized carbons (Fsp3) is 0.333. The normalized spacial score (nSPS) is 15.8. The Morgan fingerprint density at radius 2 is 1.94 bits per heavy atom. The van der Waals surface area contributed by atoms with E-state index >= 15 is 0 Å². The van der Waals surface area contributed by atoms with E-state index in [-0.39, 0.29) is 11.8 Å². The van der Waals surface area contributed by atoms with E-state index in [1.54, 1.807) is 43.6 Å². The summed E-state index contributed by atoms with van der Waals surface area (Å²) in [6.07, 6.45) is 2.67. The maximum Gasteiger partial charge on any atom is 0.225 e. The van der Waals surface area contributed by atoms with Crippen LogP contribution in [-0.4, -0.2) is 72.1 Å². The molecule has 12 heteroatoms. The minimum absolute atomic E-state index is 0.222. The van der Waals surface area contributed by atoms with Gasteiger partial charge in [0.1, 0.15) is 5.82 Å². The van der Waals surface area contributed by atoms with Crippen molar-refractivity contribution in [2.45, 2.75) is 19.6 Å². The van der Waals surface area contributed by atoms with E-state index in [4.69, 9.17) is 10.2 Å². The number of nitrogen functional groups attached to an aromatic ring is 1. The van der Waals surface area contributed by atoms with Gasteiger partial charge in [-0.05, 0) is 36.8 Å². The molecule has 0 bridgehead atoms. The molecule has 0 radical (unpaired) electrons. The van der Waals surface area contributed by atoms with Gasteiger partial charge in [0, 0.05) is 32.7 Å². The Morgan fingerprint density at radius 1 is 1.11 bits per heavy atom. The van der Waals surface area contributed by atoms with Crippen molar-refractivity contribution in [1.29, 1.82) is 0 Å². The number of aliphatic hydroxyl groups excluding tert-OH is 1. The number of halogens is 1. The molecule has 0 amide bonds. The number of hydrogen-bond acceptors (Lipinski definition) is 9. The summed E-state index contributed by atoms with van der Waals surface area (Å²) < 4.78 is 23.2. The van der Waals surface area contributed by atoms with Crippen LogP contribution in [0.15, 0.2) is 47.2 Å². The topological polar surface area (TPSA) is 127 Å². The van der Waals surface area contributed by atoms with Crippen molar-refractivity contribution < 1.29 is 13.9 Å². The van der Waals surface area contributed by atoms with Gasteiger partial charge in [-0.2, -0.15) is 14.6 Å². The van der Waals surface area contributed by atoms with Gasteiger partial charge < -0.3 is 20.2 Å². The Hall–Kier alpha value is -4.03. The van der Waals surface area contributed by atoms with Gasteiger partial charge in [-0.25, -0.2) is 14.1 Å². The predicted octanol–water partition coefficient (Wildman–Crippen LogP) is 2.33. The second kappa shape index (κ2) is 8.88. The minimum Gasteiger partial charge on any atom is -0.461 e. The lowest BCUT2D eigenvalue weighted by molar-refractivity contribution is 0.199. The zero-order chi connectivity index (χ0) is 24.8. The molecular formula is C24H26FN9O2. The lowest BCUT2D eigenvalue weighted by Crippen LogP contribution is -2.47. The van der Waals surface area contributed by atoms with E-state index in [9.17, 15) is 9.50 Å². The third-order valence-corrected chi connectivity index (χ3v) is 6.63. The van der Waals surface area contributed by atoms with E-state index in [1.165, 1.54) is 10.6 Å². The lowest BCUT2D eigenvalue weighted by Gasteiger charge is -2.36. The molecule has 5 heterocycles. The van der Waals surface area contributed by atoms with Crippen LogP contribution in [-0.2, 0) is 6.54 Å². The van der Waals surface area contributed by atoms with Gasteiger partial charge in [0.05, 0.1) is 36.2 Å².